The first-order valence-electron chi connectivity index (χ1n) is 9.14. The van der Waals surface area contributed by atoms with Crippen molar-refractivity contribution in [3.63, 3.8) is 0 Å². The van der Waals surface area contributed by atoms with E-state index in [4.69, 9.17) is 0 Å². The Morgan fingerprint density at radius 3 is 2.07 bits per heavy atom. The van der Waals surface area contributed by atoms with E-state index < -0.39 is 5.91 Å². The lowest BCUT2D eigenvalue weighted by Crippen LogP contribution is -2.27. The highest BCUT2D eigenvalue weighted by Gasteiger charge is 2.18. The van der Waals surface area contributed by atoms with Crippen LogP contribution < -0.4 is 10.3 Å². The first-order valence-corrected chi connectivity index (χ1v) is 9.14. The van der Waals surface area contributed by atoms with Gasteiger partial charge in [0.1, 0.15) is 5.82 Å². The molecule has 1 N–H and O–H groups in total. The summed E-state index contributed by atoms with van der Waals surface area (Å²) in [6, 6.07) is 24.4. The summed E-state index contributed by atoms with van der Waals surface area (Å²) in [4.78, 5) is 26.5. The average molecular weight is 389 g/mol. The Kier molecular flexibility index (Phi) is 6.84. The van der Waals surface area contributed by atoms with Crippen LogP contribution in [-0.4, -0.2) is 18.0 Å². The Morgan fingerprint density at radius 1 is 0.862 bits per heavy atom. The van der Waals surface area contributed by atoms with Crippen molar-refractivity contribution in [1.29, 1.82) is 0 Å². The van der Waals surface area contributed by atoms with Crippen LogP contribution in [0.4, 0.5) is 15.8 Å². The van der Waals surface area contributed by atoms with Gasteiger partial charge in [0.2, 0.25) is 11.8 Å². The van der Waals surface area contributed by atoms with Crippen molar-refractivity contribution in [3.8, 4) is 0 Å². The van der Waals surface area contributed by atoms with Gasteiger partial charge in [-0.25, -0.2) is 9.82 Å². The van der Waals surface area contributed by atoms with Crippen LogP contribution in [0.25, 0.3) is 0 Å². The lowest BCUT2D eigenvalue weighted by atomic mass is 10.2. The van der Waals surface area contributed by atoms with Gasteiger partial charge in [-0.2, -0.15) is 5.10 Å². The van der Waals surface area contributed by atoms with Gasteiger partial charge in [-0.05, 0) is 42.0 Å². The van der Waals surface area contributed by atoms with E-state index in [1.54, 1.807) is 17.0 Å². The van der Waals surface area contributed by atoms with Gasteiger partial charge in [0, 0.05) is 24.2 Å². The standard InChI is InChI=1S/C23H20FN3O2/c24-19-9-7-8-18(16-19)17-25-26-22(28)14-15-23(29)27(20-10-3-1-4-11-20)21-12-5-2-6-13-21/h1-13,16-17H,14-15H2,(H,26,28). The molecule has 0 aliphatic rings. The summed E-state index contributed by atoms with van der Waals surface area (Å²) in [7, 11) is 0. The minimum Gasteiger partial charge on any atom is -0.281 e. The zero-order valence-electron chi connectivity index (χ0n) is 15.7. The van der Waals surface area contributed by atoms with Crippen molar-refractivity contribution >= 4 is 29.4 Å². The molecule has 5 nitrogen and oxygen atoms in total. The van der Waals surface area contributed by atoms with Crippen LogP contribution in [0, 0.1) is 5.82 Å². The minimum absolute atomic E-state index is 0.0184. The molecule has 0 atom stereocenters. The van der Waals surface area contributed by atoms with Crippen molar-refractivity contribution in [2.75, 3.05) is 4.90 Å². The van der Waals surface area contributed by atoms with Gasteiger partial charge in [0.05, 0.1) is 6.21 Å². The number of amides is 2. The van der Waals surface area contributed by atoms with Gasteiger partial charge >= 0.3 is 0 Å². The Morgan fingerprint density at radius 2 is 1.48 bits per heavy atom. The third-order valence-electron chi connectivity index (χ3n) is 4.10. The van der Waals surface area contributed by atoms with E-state index in [9.17, 15) is 14.0 Å². The molecule has 0 aliphatic heterocycles. The number of nitrogens with zero attached hydrogens (tertiary/aromatic N) is 2. The smallest absolute Gasteiger partial charge is 0.240 e. The molecule has 29 heavy (non-hydrogen) atoms. The molecule has 0 spiro atoms. The van der Waals surface area contributed by atoms with Crippen molar-refractivity contribution in [3.05, 3.63) is 96.3 Å². The Hall–Kier alpha value is -3.80. The van der Waals surface area contributed by atoms with E-state index in [2.05, 4.69) is 10.5 Å². The number of carbonyl (C=O) groups is 2. The molecule has 0 fully saturated rings. The number of hydrogen-bond acceptors (Lipinski definition) is 3. The number of benzene rings is 3. The lowest BCUT2D eigenvalue weighted by Gasteiger charge is -2.23. The molecule has 3 aromatic rings. The predicted molar refractivity (Wildman–Crippen MR) is 111 cm³/mol. The van der Waals surface area contributed by atoms with Crippen LogP contribution in [0.5, 0.6) is 0 Å². The maximum atomic E-state index is 13.1. The number of hydrogen-bond donors (Lipinski definition) is 1. The van der Waals surface area contributed by atoms with E-state index >= 15 is 0 Å². The summed E-state index contributed by atoms with van der Waals surface area (Å²) in [5.41, 5.74) is 4.35. The molecule has 0 saturated heterocycles. The number of halogens is 1. The highest BCUT2D eigenvalue weighted by atomic mass is 19.1. The quantitative estimate of drug-likeness (QED) is 0.480. The van der Waals surface area contributed by atoms with E-state index in [-0.39, 0.29) is 24.6 Å². The number of carbonyl (C=O) groups excluding carboxylic acids is 2. The van der Waals surface area contributed by atoms with Crippen LogP contribution in [-0.2, 0) is 9.59 Å². The number of nitrogens with one attached hydrogen (secondary N) is 1. The summed E-state index contributed by atoms with van der Waals surface area (Å²) in [6.07, 6.45) is 1.35. The first-order chi connectivity index (χ1) is 14.1. The van der Waals surface area contributed by atoms with Crippen molar-refractivity contribution in [1.82, 2.24) is 5.43 Å². The molecule has 0 unspecified atom stereocenters. The van der Waals surface area contributed by atoms with Crippen LogP contribution in [0.15, 0.2) is 90.0 Å². The topological polar surface area (TPSA) is 61.8 Å². The molecule has 0 radical (unpaired) electrons. The van der Waals surface area contributed by atoms with Crippen LogP contribution in [0.1, 0.15) is 18.4 Å². The Bertz CT molecular complexity index is 952. The van der Waals surface area contributed by atoms with Gasteiger partial charge in [-0.3, -0.25) is 14.5 Å². The molecule has 6 heteroatoms. The lowest BCUT2D eigenvalue weighted by molar-refractivity contribution is -0.124. The Labute approximate surface area is 168 Å². The molecule has 0 aliphatic carbocycles. The van der Waals surface area contributed by atoms with Crippen LogP contribution >= 0.6 is 0 Å². The summed E-state index contributed by atoms with van der Waals surface area (Å²) < 4.78 is 13.1. The molecule has 146 valence electrons. The van der Waals surface area contributed by atoms with E-state index in [0.29, 0.717) is 5.56 Å². The second-order valence-electron chi connectivity index (χ2n) is 6.25. The monoisotopic (exact) mass is 389 g/mol. The number of para-hydroxylation sites is 2. The number of hydrazone groups is 1. The van der Waals surface area contributed by atoms with Crippen molar-refractivity contribution in [2.24, 2.45) is 5.10 Å². The molecular weight excluding hydrogens is 369 g/mol. The molecule has 0 heterocycles. The van der Waals surface area contributed by atoms with Crippen molar-refractivity contribution < 1.29 is 14.0 Å². The fourth-order valence-electron chi connectivity index (χ4n) is 2.75. The molecule has 0 bridgehead atoms. The highest BCUT2D eigenvalue weighted by molar-refractivity contribution is 6.01. The number of anilines is 2. The molecular formula is C23H20FN3O2. The predicted octanol–water partition coefficient (Wildman–Crippen LogP) is 4.42. The van der Waals surface area contributed by atoms with E-state index in [0.717, 1.165) is 11.4 Å². The molecule has 3 aromatic carbocycles. The SMILES string of the molecule is O=C(CCC(=O)N(c1ccccc1)c1ccccc1)NN=Cc1cccc(F)c1. The van der Waals surface area contributed by atoms with Gasteiger partial charge < -0.3 is 0 Å². The summed E-state index contributed by atoms with van der Waals surface area (Å²) in [5.74, 6) is -0.980. The van der Waals surface area contributed by atoms with E-state index in [1.165, 1.54) is 18.3 Å². The second-order valence-corrected chi connectivity index (χ2v) is 6.25. The summed E-state index contributed by atoms with van der Waals surface area (Å²) >= 11 is 0. The van der Waals surface area contributed by atoms with Gasteiger partial charge in [0.15, 0.2) is 0 Å². The van der Waals surface area contributed by atoms with Gasteiger partial charge in [0.25, 0.3) is 0 Å². The summed E-state index contributed by atoms with van der Waals surface area (Å²) in [6.45, 7) is 0. The average Bonchev–Trinajstić information content (AvgIpc) is 2.74. The normalized spacial score (nSPS) is 10.7. The van der Waals surface area contributed by atoms with Gasteiger partial charge in [-0.1, -0.05) is 48.5 Å². The molecule has 0 aromatic heterocycles. The van der Waals surface area contributed by atoms with Gasteiger partial charge in [-0.15, -0.1) is 0 Å². The third-order valence-corrected chi connectivity index (χ3v) is 4.10. The first kappa shape index (κ1) is 19.9. The minimum atomic E-state index is -0.396. The maximum Gasteiger partial charge on any atom is 0.240 e. The summed E-state index contributed by atoms with van der Waals surface area (Å²) in [5, 5.41) is 3.81. The zero-order valence-corrected chi connectivity index (χ0v) is 15.7. The fraction of sp³-hybridized carbons (Fsp3) is 0.0870. The highest BCUT2D eigenvalue weighted by Crippen LogP contribution is 2.26. The largest absolute Gasteiger partial charge is 0.281 e. The maximum absolute atomic E-state index is 13.1. The Balaban J connectivity index is 1.60. The molecule has 3 rings (SSSR count). The van der Waals surface area contributed by atoms with Crippen molar-refractivity contribution in [2.45, 2.75) is 12.8 Å². The van der Waals surface area contributed by atoms with Crippen LogP contribution in [0.3, 0.4) is 0 Å². The van der Waals surface area contributed by atoms with Crippen LogP contribution in [0.2, 0.25) is 0 Å². The third kappa shape index (κ3) is 5.84. The second kappa shape index (κ2) is 9.94. The fourth-order valence-corrected chi connectivity index (χ4v) is 2.75. The van der Waals surface area contributed by atoms with E-state index in [1.807, 2.05) is 60.7 Å². The zero-order chi connectivity index (χ0) is 20.5. The molecule has 2 amide bonds. The number of rotatable bonds is 7. The molecule has 0 saturated carbocycles.